The van der Waals surface area contributed by atoms with Gasteiger partial charge in [0.25, 0.3) is 0 Å². The first-order valence-electron chi connectivity index (χ1n) is 9.82. The molecule has 1 rings (SSSR count). The second-order valence-electron chi connectivity index (χ2n) is 6.57. The Morgan fingerprint density at radius 3 is 2.20 bits per heavy atom. The number of carbonyl (C=O) groups is 1. The number of unbranched alkanes of at least 4 members (excludes halogenated alkanes) is 8. The number of ether oxygens (including phenoxy) is 1. The standard InChI is InChI=1S/C23H34O2/c1-3-5-6-7-8-9-10-11-15-18-22(4-2)25-23(24)20-19-21-16-13-12-14-17-21/h4,12-14,16-17,19-20,22H,2-3,5-11,15,18H2,1H3/b20-19+/t22-/m1/s1. The summed E-state index contributed by atoms with van der Waals surface area (Å²) in [6.07, 6.45) is 17.3. The van der Waals surface area contributed by atoms with Crippen LogP contribution in [0, 0.1) is 0 Å². The minimum atomic E-state index is -0.301. The van der Waals surface area contributed by atoms with Crippen LogP contribution < -0.4 is 0 Å². The van der Waals surface area contributed by atoms with E-state index in [0.717, 1.165) is 18.4 Å². The van der Waals surface area contributed by atoms with Crippen LogP contribution in [0.5, 0.6) is 0 Å². The number of hydrogen-bond donors (Lipinski definition) is 0. The third-order valence-corrected chi connectivity index (χ3v) is 4.33. The zero-order chi connectivity index (χ0) is 18.2. The van der Waals surface area contributed by atoms with Crippen molar-refractivity contribution in [2.45, 2.75) is 77.2 Å². The zero-order valence-corrected chi connectivity index (χ0v) is 15.8. The number of esters is 1. The Labute approximate surface area is 154 Å². The SMILES string of the molecule is C=C[C@H](CCCCCCCCCCC)OC(=O)/C=C/c1ccccc1. The van der Waals surface area contributed by atoms with Gasteiger partial charge in [-0.05, 0) is 24.5 Å². The first kappa shape index (κ1) is 21.2. The summed E-state index contributed by atoms with van der Waals surface area (Å²) in [5, 5.41) is 0. The van der Waals surface area contributed by atoms with Crippen molar-refractivity contribution in [3.05, 3.63) is 54.6 Å². The van der Waals surface area contributed by atoms with E-state index in [1.54, 1.807) is 12.2 Å². The molecular weight excluding hydrogens is 308 g/mol. The van der Waals surface area contributed by atoms with Crippen molar-refractivity contribution < 1.29 is 9.53 Å². The summed E-state index contributed by atoms with van der Waals surface area (Å²) in [6, 6.07) is 9.76. The predicted molar refractivity (Wildman–Crippen MR) is 107 cm³/mol. The van der Waals surface area contributed by atoms with Crippen molar-refractivity contribution in [1.29, 1.82) is 0 Å². The lowest BCUT2D eigenvalue weighted by molar-refractivity contribution is -0.141. The molecule has 0 saturated carbocycles. The molecule has 138 valence electrons. The molecule has 0 aliphatic heterocycles. The highest BCUT2D eigenvalue weighted by molar-refractivity contribution is 5.87. The molecule has 0 fully saturated rings. The minimum Gasteiger partial charge on any atom is -0.455 e. The molecule has 1 aromatic rings. The first-order chi connectivity index (χ1) is 12.3. The molecule has 0 heterocycles. The van der Waals surface area contributed by atoms with Gasteiger partial charge in [0.1, 0.15) is 6.10 Å². The summed E-state index contributed by atoms with van der Waals surface area (Å²) in [4.78, 5) is 11.9. The van der Waals surface area contributed by atoms with Gasteiger partial charge < -0.3 is 4.74 Å². The third kappa shape index (κ3) is 11.4. The lowest BCUT2D eigenvalue weighted by Gasteiger charge is -2.12. The third-order valence-electron chi connectivity index (χ3n) is 4.33. The second kappa shape index (κ2) is 14.5. The van der Waals surface area contributed by atoms with E-state index in [9.17, 15) is 4.79 Å². The highest BCUT2D eigenvalue weighted by Crippen LogP contribution is 2.13. The number of benzene rings is 1. The van der Waals surface area contributed by atoms with E-state index >= 15 is 0 Å². The maximum absolute atomic E-state index is 11.9. The smallest absolute Gasteiger partial charge is 0.331 e. The molecule has 1 atom stereocenters. The average molecular weight is 343 g/mol. The quantitative estimate of drug-likeness (QED) is 0.162. The van der Waals surface area contributed by atoms with Crippen LogP contribution in [0.4, 0.5) is 0 Å². The van der Waals surface area contributed by atoms with Crippen LogP contribution in [0.1, 0.15) is 76.7 Å². The highest BCUT2D eigenvalue weighted by Gasteiger charge is 2.08. The van der Waals surface area contributed by atoms with Gasteiger partial charge in [0.2, 0.25) is 0 Å². The molecular formula is C23H34O2. The molecule has 0 N–H and O–H groups in total. The molecule has 2 nitrogen and oxygen atoms in total. The molecule has 0 unspecified atom stereocenters. The Kier molecular flexibility index (Phi) is 12.3. The normalized spacial score (nSPS) is 12.2. The van der Waals surface area contributed by atoms with Crippen molar-refractivity contribution in [1.82, 2.24) is 0 Å². The fourth-order valence-electron chi connectivity index (χ4n) is 2.80. The molecule has 0 aliphatic carbocycles. The van der Waals surface area contributed by atoms with Crippen LogP contribution in [0.15, 0.2) is 49.1 Å². The summed E-state index contributed by atoms with van der Waals surface area (Å²) in [7, 11) is 0. The second-order valence-corrected chi connectivity index (χ2v) is 6.57. The van der Waals surface area contributed by atoms with Crippen LogP contribution >= 0.6 is 0 Å². The topological polar surface area (TPSA) is 26.3 Å². The van der Waals surface area contributed by atoms with Gasteiger partial charge in [0, 0.05) is 6.08 Å². The lowest BCUT2D eigenvalue weighted by atomic mass is 10.1. The van der Waals surface area contributed by atoms with Crippen molar-refractivity contribution in [3.63, 3.8) is 0 Å². The lowest BCUT2D eigenvalue weighted by Crippen LogP contribution is -2.14. The number of carbonyl (C=O) groups excluding carboxylic acids is 1. The van der Waals surface area contributed by atoms with Gasteiger partial charge in [0.05, 0.1) is 0 Å². The van der Waals surface area contributed by atoms with Gasteiger partial charge in [-0.1, -0.05) is 101 Å². The highest BCUT2D eigenvalue weighted by atomic mass is 16.5. The van der Waals surface area contributed by atoms with Crippen LogP contribution in [0.2, 0.25) is 0 Å². The number of hydrogen-bond acceptors (Lipinski definition) is 2. The summed E-state index contributed by atoms with van der Waals surface area (Å²) < 4.78 is 5.45. The van der Waals surface area contributed by atoms with E-state index < -0.39 is 0 Å². The number of rotatable bonds is 14. The first-order valence-corrected chi connectivity index (χ1v) is 9.82. The zero-order valence-electron chi connectivity index (χ0n) is 15.8. The van der Waals surface area contributed by atoms with Gasteiger partial charge in [-0.3, -0.25) is 0 Å². The van der Waals surface area contributed by atoms with E-state index in [4.69, 9.17) is 4.74 Å². The Balaban J connectivity index is 2.12. The maximum atomic E-state index is 11.9. The Hall–Kier alpha value is -1.83. The molecule has 2 heteroatoms. The molecule has 0 radical (unpaired) electrons. The molecule has 0 spiro atoms. The molecule has 0 saturated heterocycles. The van der Waals surface area contributed by atoms with Crippen LogP contribution in [0.3, 0.4) is 0 Å². The van der Waals surface area contributed by atoms with E-state index in [1.165, 1.54) is 57.4 Å². The summed E-state index contributed by atoms with van der Waals surface area (Å²) in [6.45, 7) is 6.04. The van der Waals surface area contributed by atoms with Gasteiger partial charge in [0.15, 0.2) is 0 Å². The van der Waals surface area contributed by atoms with Crippen LogP contribution in [0.25, 0.3) is 6.08 Å². The molecule has 0 aliphatic rings. The largest absolute Gasteiger partial charge is 0.455 e. The van der Waals surface area contributed by atoms with E-state index in [-0.39, 0.29) is 12.1 Å². The van der Waals surface area contributed by atoms with E-state index in [2.05, 4.69) is 13.5 Å². The summed E-state index contributed by atoms with van der Waals surface area (Å²) in [5.41, 5.74) is 0.994. The fourth-order valence-corrected chi connectivity index (χ4v) is 2.80. The summed E-state index contributed by atoms with van der Waals surface area (Å²) in [5.74, 6) is -0.301. The molecule has 25 heavy (non-hydrogen) atoms. The average Bonchev–Trinajstić information content (AvgIpc) is 2.65. The molecule has 0 bridgehead atoms. The maximum Gasteiger partial charge on any atom is 0.331 e. The Morgan fingerprint density at radius 2 is 1.60 bits per heavy atom. The Morgan fingerprint density at radius 1 is 1.00 bits per heavy atom. The molecule has 0 amide bonds. The predicted octanol–water partition coefficient (Wildman–Crippen LogP) is 6.72. The van der Waals surface area contributed by atoms with Crippen molar-refractivity contribution in [3.8, 4) is 0 Å². The minimum absolute atomic E-state index is 0.183. The summed E-state index contributed by atoms with van der Waals surface area (Å²) >= 11 is 0. The molecule has 0 aromatic heterocycles. The van der Waals surface area contributed by atoms with Crippen LogP contribution in [-0.2, 0) is 9.53 Å². The molecule has 1 aromatic carbocycles. The van der Waals surface area contributed by atoms with Gasteiger partial charge in [-0.15, -0.1) is 0 Å². The Bertz CT molecular complexity index is 490. The van der Waals surface area contributed by atoms with E-state index in [1.807, 2.05) is 30.3 Å². The monoisotopic (exact) mass is 342 g/mol. The van der Waals surface area contributed by atoms with Crippen molar-refractivity contribution in [2.75, 3.05) is 0 Å². The van der Waals surface area contributed by atoms with E-state index in [0.29, 0.717) is 0 Å². The van der Waals surface area contributed by atoms with Gasteiger partial charge in [-0.2, -0.15) is 0 Å². The van der Waals surface area contributed by atoms with Crippen molar-refractivity contribution >= 4 is 12.0 Å². The van der Waals surface area contributed by atoms with Gasteiger partial charge >= 0.3 is 5.97 Å². The van der Waals surface area contributed by atoms with Crippen LogP contribution in [-0.4, -0.2) is 12.1 Å². The fraction of sp³-hybridized carbons (Fsp3) is 0.522. The van der Waals surface area contributed by atoms with Crippen molar-refractivity contribution in [2.24, 2.45) is 0 Å². The van der Waals surface area contributed by atoms with Gasteiger partial charge in [-0.25, -0.2) is 4.79 Å².